The Morgan fingerprint density at radius 1 is 1.55 bits per heavy atom. The highest BCUT2D eigenvalue weighted by atomic mass is 35.5. The molecule has 1 atom stereocenters. The van der Waals surface area contributed by atoms with Crippen molar-refractivity contribution in [2.75, 3.05) is 6.61 Å². The van der Waals surface area contributed by atoms with E-state index in [9.17, 15) is 4.79 Å². The van der Waals surface area contributed by atoms with Crippen LogP contribution in [0.4, 0.5) is 0 Å². The molecule has 0 amide bonds. The van der Waals surface area contributed by atoms with E-state index in [4.69, 9.17) is 16.3 Å². The van der Waals surface area contributed by atoms with Crippen LogP contribution >= 0.6 is 23.4 Å². The van der Waals surface area contributed by atoms with Gasteiger partial charge in [-0.2, -0.15) is 0 Å². The second-order valence-corrected chi connectivity index (χ2v) is 6.26. The first-order chi connectivity index (χ1) is 9.52. The van der Waals surface area contributed by atoms with Gasteiger partial charge >= 0.3 is 5.97 Å². The Hall–Kier alpha value is -1.20. The fourth-order valence-corrected chi connectivity index (χ4v) is 2.84. The summed E-state index contributed by atoms with van der Waals surface area (Å²) in [5.74, 6) is -0.207. The minimum Gasteiger partial charge on any atom is -0.465 e. The normalized spacial score (nSPS) is 12.6. The number of ether oxygens (including phenoxy) is 1. The third kappa shape index (κ3) is 3.27. The highest BCUT2D eigenvalue weighted by molar-refractivity contribution is 8.00. The van der Waals surface area contributed by atoms with Crippen LogP contribution in [0.25, 0.3) is 11.0 Å². The van der Waals surface area contributed by atoms with Crippen LogP contribution in [0, 0.1) is 0 Å². The average molecular weight is 313 g/mol. The molecule has 2 aromatic rings. The van der Waals surface area contributed by atoms with E-state index in [0.717, 1.165) is 22.6 Å². The van der Waals surface area contributed by atoms with Gasteiger partial charge in [0.2, 0.25) is 0 Å². The Kier molecular flexibility index (Phi) is 4.94. The van der Waals surface area contributed by atoms with E-state index in [-0.39, 0.29) is 11.2 Å². The van der Waals surface area contributed by atoms with E-state index >= 15 is 0 Å². The molecule has 20 heavy (non-hydrogen) atoms. The van der Waals surface area contributed by atoms with Crippen molar-refractivity contribution < 1.29 is 9.53 Å². The van der Waals surface area contributed by atoms with Crippen LogP contribution in [0.5, 0.6) is 0 Å². The first kappa shape index (κ1) is 15.2. The maximum absolute atomic E-state index is 11.8. The summed E-state index contributed by atoms with van der Waals surface area (Å²) in [6.45, 7) is 4.26. The molecule has 108 valence electrons. The molecule has 0 saturated carbocycles. The lowest BCUT2D eigenvalue weighted by Gasteiger charge is -2.10. The van der Waals surface area contributed by atoms with Gasteiger partial charge in [0.25, 0.3) is 0 Å². The van der Waals surface area contributed by atoms with Crippen molar-refractivity contribution in [1.82, 2.24) is 9.55 Å². The standard InChI is InChI=1S/C14H17ClN2O2S/c1-4-7-19-13(18)9(2)20-14-16-11-8-10(15)5-6-12(11)17(14)3/h5-6,8-9H,4,7H2,1-3H3. The molecule has 0 N–H and O–H groups in total. The van der Waals surface area contributed by atoms with Gasteiger partial charge in [-0.3, -0.25) is 4.79 Å². The van der Waals surface area contributed by atoms with Crippen molar-refractivity contribution in [3.05, 3.63) is 23.2 Å². The van der Waals surface area contributed by atoms with Gasteiger partial charge in [0.05, 0.1) is 17.6 Å². The lowest BCUT2D eigenvalue weighted by Crippen LogP contribution is -2.17. The molecule has 0 bridgehead atoms. The van der Waals surface area contributed by atoms with Gasteiger partial charge in [-0.1, -0.05) is 30.3 Å². The quantitative estimate of drug-likeness (QED) is 0.624. The predicted molar refractivity (Wildman–Crippen MR) is 82.3 cm³/mol. The summed E-state index contributed by atoms with van der Waals surface area (Å²) < 4.78 is 7.10. The number of imidazole rings is 1. The number of hydrogen-bond acceptors (Lipinski definition) is 4. The Morgan fingerprint density at radius 3 is 3.00 bits per heavy atom. The molecule has 0 fully saturated rings. The number of aromatic nitrogens is 2. The Morgan fingerprint density at radius 2 is 2.30 bits per heavy atom. The molecule has 1 unspecified atom stereocenters. The fourth-order valence-electron chi connectivity index (χ4n) is 1.78. The maximum Gasteiger partial charge on any atom is 0.319 e. The van der Waals surface area contributed by atoms with E-state index in [0.29, 0.717) is 11.6 Å². The number of aryl methyl sites for hydroxylation is 1. The minimum atomic E-state index is -0.285. The second-order valence-electron chi connectivity index (χ2n) is 4.51. The topological polar surface area (TPSA) is 44.1 Å². The van der Waals surface area contributed by atoms with E-state index < -0.39 is 0 Å². The van der Waals surface area contributed by atoms with Gasteiger partial charge in [-0.15, -0.1) is 0 Å². The first-order valence-electron chi connectivity index (χ1n) is 6.48. The van der Waals surface area contributed by atoms with Gasteiger partial charge in [0.15, 0.2) is 5.16 Å². The van der Waals surface area contributed by atoms with Crippen LogP contribution in [0.3, 0.4) is 0 Å². The molecule has 0 aliphatic rings. The molecule has 2 rings (SSSR count). The summed E-state index contributed by atoms with van der Waals surface area (Å²) in [6.07, 6.45) is 0.827. The monoisotopic (exact) mass is 312 g/mol. The first-order valence-corrected chi connectivity index (χ1v) is 7.74. The zero-order chi connectivity index (χ0) is 14.7. The number of carbonyl (C=O) groups is 1. The third-order valence-electron chi connectivity index (χ3n) is 2.86. The summed E-state index contributed by atoms with van der Waals surface area (Å²) >= 11 is 7.36. The molecule has 6 heteroatoms. The van der Waals surface area contributed by atoms with Crippen LogP contribution in [-0.4, -0.2) is 27.4 Å². The van der Waals surface area contributed by atoms with Crippen LogP contribution in [-0.2, 0) is 16.6 Å². The van der Waals surface area contributed by atoms with Crippen molar-refractivity contribution in [1.29, 1.82) is 0 Å². The summed E-state index contributed by atoms with van der Waals surface area (Å²) in [4.78, 5) is 16.3. The third-order valence-corrected chi connectivity index (χ3v) is 4.22. The van der Waals surface area contributed by atoms with Crippen LogP contribution in [0.1, 0.15) is 20.3 Å². The van der Waals surface area contributed by atoms with Gasteiger partial charge in [-0.05, 0) is 31.5 Å². The Balaban J connectivity index is 2.17. The lowest BCUT2D eigenvalue weighted by molar-refractivity contribution is -0.142. The van der Waals surface area contributed by atoms with E-state index in [1.165, 1.54) is 11.8 Å². The highest BCUT2D eigenvalue weighted by Gasteiger charge is 2.19. The largest absolute Gasteiger partial charge is 0.465 e. The van der Waals surface area contributed by atoms with Gasteiger partial charge < -0.3 is 9.30 Å². The van der Waals surface area contributed by atoms with Crippen molar-refractivity contribution in [2.24, 2.45) is 7.05 Å². The number of thioether (sulfide) groups is 1. The minimum absolute atomic E-state index is 0.207. The zero-order valence-electron chi connectivity index (χ0n) is 11.7. The van der Waals surface area contributed by atoms with Gasteiger partial charge in [-0.25, -0.2) is 4.98 Å². The summed E-state index contributed by atoms with van der Waals surface area (Å²) in [6, 6.07) is 5.58. The van der Waals surface area contributed by atoms with E-state index in [1.807, 2.05) is 43.7 Å². The molecule has 0 aliphatic heterocycles. The summed E-state index contributed by atoms with van der Waals surface area (Å²) in [5, 5.41) is 1.15. The van der Waals surface area contributed by atoms with Crippen LogP contribution in [0.2, 0.25) is 5.02 Å². The molecule has 0 radical (unpaired) electrons. The van der Waals surface area contributed by atoms with Crippen LogP contribution < -0.4 is 0 Å². The number of benzene rings is 1. The van der Waals surface area contributed by atoms with Crippen molar-refractivity contribution in [3.8, 4) is 0 Å². The molecular weight excluding hydrogens is 296 g/mol. The summed E-state index contributed by atoms with van der Waals surface area (Å²) in [5.41, 5.74) is 1.82. The number of halogens is 1. The number of fused-ring (bicyclic) bond motifs is 1. The number of rotatable bonds is 5. The molecular formula is C14H17ClN2O2S. The molecule has 0 saturated heterocycles. The molecule has 0 spiro atoms. The molecule has 4 nitrogen and oxygen atoms in total. The van der Waals surface area contributed by atoms with Crippen molar-refractivity contribution >= 4 is 40.4 Å². The van der Waals surface area contributed by atoms with Crippen LogP contribution in [0.15, 0.2) is 23.4 Å². The molecule has 1 heterocycles. The average Bonchev–Trinajstić information content (AvgIpc) is 2.72. The number of hydrogen-bond donors (Lipinski definition) is 0. The maximum atomic E-state index is 11.8. The van der Waals surface area contributed by atoms with Crippen molar-refractivity contribution in [3.63, 3.8) is 0 Å². The van der Waals surface area contributed by atoms with E-state index in [2.05, 4.69) is 4.98 Å². The Bertz CT molecular complexity index is 627. The van der Waals surface area contributed by atoms with Gasteiger partial charge in [0, 0.05) is 12.1 Å². The number of carbonyl (C=O) groups excluding carboxylic acids is 1. The molecule has 1 aromatic carbocycles. The number of nitrogens with zero attached hydrogens (tertiary/aromatic N) is 2. The second kappa shape index (κ2) is 6.50. The summed E-state index contributed by atoms with van der Waals surface area (Å²) in [7, 11) is 1.93. The van der Waals surface area contributed by atoms with Crippen molar-refractivity contribution in [2.45, 2.75) is 30.7 Å². The zero-order valence-corrected chi connectivity index (χ0v) is 13.3. The SMILES string of the molecule is CCCOC(=O)C(C)Sc1nc2cc(Cl)ccc2n1C. The highest BCUT2D eigenvalue weighted by Crippen LogP contribution is 2.28. The molecule has 0 aliphatic carbocycles. The Labute approximate surface area is 127 Å². The van der Waals surface area contributed by atoms with Gasteiger partial charge in [0.1, 0.15) is 5.25 Å². The smallest absolute Gasteiger partial charge is 0.319 e. The van der Waals surface area contributed by atoms with E-state index in [1.54, 1.807) is 0 Å². The fraction of sp³-hybridized carbons (Fsp3) is 0.429. The predicted octanol–water partition coefficient (Wildman–Crippen LogP) is 3.66. The lowest BCUT2D eigenvalue weighted by atomic mass is 10.3. The number of esters is 1. The molecule has 1 aromatic heterocycles.